The molecule has 3 aromatic rings. The molecule has 0 atom stereocenters. The zero-order valence-corrected chi connectivity index (χ0v) is 19.4. The molecule has 0 aliphatic carbocycles. The lowest BCUT2D eigenvalue weighted by Crippen LogP contribution is -1.98. The molecule has 2 nitrogen and oxygen atoms in total. The van der Waals surface area contributed by atoms with Gasteiger partial charge in [0.25, 0.3) is 0 Å². The molecule has 0 aromatic heterocycles. The molecule has 0 aliphatic rings. The van der Waals surface area contributed by atoms with Crippen LogP contribution in [0.4, 0.5) is 4.39 Å². The number of nitrogens with zero attached hydrogens (tertiary/aromatic N) is 1. The molecule has 0 saturated heterocycles. The van der Waals surface area contributed by atoms with E-state index in [4.69, 9.17) is 27.9 Å². The Bertz CT molecular complexity index is 1120. The minimum Gasteiger partial charge on any atom is -0.487 e. The second-order valence-electron chi connectivity index (χ2n) is 6.03. The Hall–Kier alpha value is -1.84. The fourth-order valence-corrected chi connectivity index (χ4v) is 4.59. The Morgan fingerprint density at radius 1 is 1.07 bits per heavy atom. The summed E-state index contributed by atoms with van der Waals surface area (Å²) in [7, 11) is 0. The number of nitriles is 1. The number of rotatable bonds is 5. The van der Waals surface area contributed by atoms with Crippen molar-refractivity contribution in [2.75, 3.05) is 0 Å². The second kappa shape index (κ2) is 9.77. The Balaban J connectivity index is 1.88. The minimum absolute atomic E-state index is 0.216. The highest BCUT2D eigenvalue weighted by Crippen LogP contribution is 2.37. The fourth-order valence-electron chi connectivity index (χ4n) is 2.63. The predicted octanol–water partition coefficient (Wildman–Crippen LogP) is 8.30. The average molecular weight is 556 g/mol. The van der Waals surface area contributed by atoms with E-state index in [1.54, 1.807) is 36.4 Å². The van der Waals surface area contributed by atoms with E-state index in [-0.39, 0.29) is 12.4 Å². The lowest BCUT2D eigenvalue weighted by atomic mass is 10.0. The summed E-state index contributed by atoms with van der Waals surface area (Å²) in [6.07, 6.45) is 1.72. The van der Waals surface area contributed by atoms with E-state index in [1.165, 1.54) is 12.1 Å². The number of allylic oxidation sites excluding steroid dienone is 1. The van der Waals surface area contributed by atoms with Gasteiger partial charge in [-0.2, -0.15) is 5.26 Å². The molecule has 29 heavy (non-hydrogen) atoms. The molecule has 0 aliphatic heterocycles. The summed E-state index contributed by atoms with van der Waals surface area (Å²) in [5.41, 5.74) is 2.48. The monoisotopic (exact) mass is 553 g/mol. The first-order valence-corrected chi connectivity index (χ1v) is 10.6. The topological polar surface area (TPSA) is 33.0 Å². The molecule has 7 heteroatoms. The highest BCUT2D eigenvalue weighted by molar-refractivity contribution is 9.11. The highest BCUT2D eigenvalue weighted by atomic mass is 79.9. The molecular weight excluding hydrogens is 544 g/mol. The van der Waals surface area contributed by atoms with Crippen LogP contribution in [-0.2, 0) is 6.61 Å². The summed E-state index contributed by atoms with van der Waals surface area (Å²) in [5.74, 6) is 0.268. The van der Waals surface area contributed by atoms with Gasteiger partial charge in [-0.3, -0.25) is 0 Å². The third-order valence-corrected chi connectivity index (χ3v) is 5.67. The van der Waals surface area contributed by atoms with Crippen molar-refractivity contribution in [1.29, 1.82) is 5.26 Å². The third kappa shape index (κ3) is 5.61. The molecule has 3 rings (SSSR count). The second-order valence-corrected chi connectivity index (χ2v) is 8.58. The van der Waals surface area contributed by atoms with Crippen molar-refractivity contribution in [3.63, 3.8) is 0 Å². The maximum absolute atomic E-state index is 13.3. The summed E-state index contributed by atoms with van der Waals surface area (Å²) < 4.78 is 20.5. The minimum atomic E-state index is -0.311. The van der Waals surface area contributed by atoms with Crippen molar-refractivity contribution in [3.05, 3.63) is 96.1 Å². The van der Waals surface area contributed by atoms with Gasteiger partial charge in [0.2, 0.25) is 0 Å². The van der Waals surface area contributed by atoms with E-state index in [9.17, 15) is 9.65 Å². The zero-order chi connectivity index (χ0) is 21.0. The quantitative estimate of drug-likeness (QED) is 0.234. The summed E-state index contributed by atoms with van der Waals surface area (Å²) in [4.78, 5) is 0. The molecule has 0 radical (unpaired) electrons. The predicted molar refractivity (Wildman–Crippen MR) is 123 cm³/mol. The number of ether oxygens (including phenoxy) is 1. The maximum atomic E-state index is 13.3. The molecule has 146 valence electrons. The lowest BCUT2D eigenvalue weighted by Gasteiger charge is -2.12. The largest absolute Gasteiger partial charge is 0.487 e. The van der Waals surface area contributed by atoms with Crippen molar-refractivity contribution in [2.45, 2.75) is 6.61 Å². The van der Waals surface area contributed by atoms with Gasteiger partial charge in [0.05, 0.1) is 25.6 Å². The van der Waals surface area contributed by atoms with Crippen molar-refractivity contribution >= 4 is 66.7 Å². The van der Waals surface area contributed by atoms with Crippen LogP contribution in [0, 0.1) is 17.1 Å². The third-order valence-electron chi connectivity index (χ3n) is 3.95. The Morgan fingerprint density at radius 2 is 1.79 bits per heavy atom. The average Bonchev–Trinajstić information content (AvgIpc) is 2.66. The summed E-state index contributed by atoms with van der Waals surface area (Å²) >= 11 is 19.1. The van der Waals surface area contributed by atoms with E-state index in [0.717, 1.165) is 11.1 Å². The molecule has 0 heterocycles. The fraction of sp³-hybridized carbons (Fsp3) is 0.0455. The smallest absolute Gasteiger partial charge is 0.148 e. The number of benzene rings is 3. The van der Waals surface area contributed by atoms with Gasteiger partial charge in [0.15, 0.2) is 0 Å². The Kier molecular flexibility index (Phi) is 7.37. The number of hydrogen-bond donors (Lipinski definition) is 0. The normalized spacial score (nSPS) is 11.2. The molecule has 0 fully saturated rings. The first kappa shape index (κ1) is 21.9. The van der Waals surface area contributed by atoms with Crippen LogP contribution in [0.25, 0.3) is 11.6 Å². The van der Waals surface area contributed by atoms with Crippen LogP contribution in [0.15, 0.2) is 63.5 Å². The van der Waals surface area contributed by atoms with Crippen molar-refractivity contribution in [1.82, 2.24) is 0 Å². The van der Waals surface area contributed by atoms with E-state index in [1.807, 2.05) is 12.1 Å². The summed E-state index contributed by atoms with van der Waals surface area (Å²) in [6, 6.07) is 17.0. The Labute approximate surface area is 194 Å². The molecule has 0 unspecified atom stereocenters. The molecule has 0 N–H and O–H groups in total. The Morgan fingerprint density at radius 3 is 2.41 bits per heavy atom. The molecule has 3 aromatic carbocycles. The molecule has 0 amide bonds. The van der Waals surface area contributed by atoms with E-state index in [2.05, 4.69) is 37.9 Å². The highest BCUT2D eigenvalue weighted by Gasteiger charge is 2.12. The van der Waals surface area contributed by atoms with Gasteiger partial charge in [-0.25, -0.2) is 4.39 Å². The van der Waals surface area contributed by atoms with Crippen LogP contribution < -0.4 is 4.74 Å². The van der Waals surface area contributed by atoms with E-state index < -0.39 is 0 Å². The van der Waals surface area contributed by atoms with Gasteiger partial charge in [0, 0.05) is 10.6 Å². The summed E-state index contributed by atoms with van der Waals surface area (Å²) in [6.45, 7) is 0.216. The van der Waals surface area contributed by atoms with Crippen molar-refractivity contribution in [2.24, 2.45) is 0 Å². The van der Waals surface area contributed by atoms with Gasteiger partial charge in [-0.15, -0.1) is 0 Å². The van der Waals surface area contributed by atoms with E-state index >= 15 is 0 Å². The molecule has 0 bridgehead atoms. The molecule has 0 saturated carbocycles. The van der Waals surface area contributed by atoms with Crippen LogP contribution in [0.5, 0.6) is 5.75 Å². The number of hydrogen-bond acceptors (Lipinski definition) is 2. The first-order valence-electron chi connectivity index (χ1n) is 8.31. The van der Waals surface area contributed by atoms with Crippen LogP contribution >= 0.6 is 55.1 Å². The van der Waals surface area contributed by atoms with Gasteiger partial charge < -0.3 is 4.74 Å². The van der Waals surface area contributed by atoms with Crippen LogP contribution in [-0.4, -0.2) is 0 Å². The van der Waals surface area contributed by atoms with Gasteiger partial charge in [0.1, 0.15) is 18.2 Å². The zero-order valence-electron chi connectivity index (χ0n) is 14.7. The van der Waals surface area contributed by atoms with Gasteiger partial charge >= 0.3 is 0 Å². The van der Waals surface area contributed by atoms with Crippen molar-refractivity contribution in [3.8, 4) is 11.8 Å². The summed E-state index contributed by atoms with van der Waals surface area (Å²) in [5, 5.41) is 10.5. The van der Waals surface area contributed by atoms with Gasteiger partial charge in [-0.1, -0.05) is 41.4 Å². The number of halogens is 5. The standard InChI is InChI=1S/C22H12Br2Cl2FNO/c23-19-8-14(6-15(11-28)18-5-4-16(25)10-21(18)26)9-20(24)22(19)29-12-13-2-1-3-17(27)7-13/h1-10H,12H2/b15-6+. The van der Waals surface area contributed by atoms with E-state index in [0.29, 0.717) is 35.9 Å². The van der Waals surface area contributed by atoms with Crippen molar-refractivity contribution < 1.29 is 9.13 Å². The van der Waals surface area contributed by atoms with Crippen LogP contribution in [0.2, 0.25) is 10.0 Å². The first-order chi connectivity index (χ1) is 13.9. The maximum Gasteiger partial charge on any atom is 0.148 e. The van der Waals surface area contributed by atoms with Crippen LogP contribution in [0.1, 0.15) is 16.7 Å². The lowest BCUT2D eigenvalue weighted by molar-refractivity contribution is 0.301. The SMILES string of the molecule is N#C/C(=C\c1cc(Br)c(OCc2cccc(F)c2)c(Br)c1)c1ccc(Cl)cc1Cl. The van der Waals surface area contributed by atoms with Crippen LogP contribution in [0.3, 0.4) is 0 Å². The molecular formula is C22H12Br2Cl2FNO. The molecule has 0 spiro atoms. The van der Waals surface area contributed by atoms with Gasteiger partial charge in [-0.05, 0) is 85.5 Å².